The molecule has 4 N–H and O–H groups in total. The van der Waals surface area contributed by atoms with Crippen molar-refractivity contribution in [2.24, 2.45) is 17.4 Å². The molecule has 0 radical (unpaired) electrons. The average Bonchev–Trinajstić information content (AvgIpc) is 2.43. The molecule has 1 unspecified atom stereocenters. The first-order valence-electron chi connectivity index (χ1n) is 4.95. The maximum atomic E-state index is 5.93. The molecule has 0 spiro atoms. The fourth-order valence-electron chi connectivity index (χ4n) is 1.87. The van der Waals surface area contributed by atoms with E-state index in [9.17, 15) is 0 Å². The van der Waals surface area contributed by atoms with Crippen LogP contribution >= 0.6 is 0 Å². The predicted molar refractivity (Wildman–Crippen MR) is 58.4 cm³/mol. The number of rotatable bonds is 2. The van der Waals surface area contributed by atoms with Crippen molar-refractivity contribution < 1.29 is 4.74 Å². The third-order valence-corrected chi connectivity index (χ3v) is 3.09. The van der Waals surface area contributed by atoms with Gasteiger partial charge < -0.3 is 16.2 Å². The molecule has 0 saturated heterocycles. The second kappa shape index (κ2) is 3.65. The molecule has 1 atom stereocenters. The minimum atomic E-state index is -0.288. The lowest BCUT2D eigenvalue weighted by molar-refractivity contribution is -0.00243. The van der Waals surface area contributed by atoms with Gasteiger partial charge in [-0.15, -0.1) is 0 Å². The van der Waals surface area contributed by atoms with Gasteiger partial charge in [0, 0.05) is 11.3 Å². The summed E-state index contributed by atoms with van der Waals surface area (Å²) in [5.74, 6) is 0.383. The van der Waals surface area contributed by atoms with Crippen LogP contribution in [0.1, 0.15) is 27.7 Å². The molecule has 0 saturated carbocycles. The van der Waals surface area contributed by atoms with Crippen LogP contribution in [0.2, 0.25) is 0 Å². The standard InChI is InChI=1S/C11H20N2O/c1-7(2)11(4)10(8(3)5-12)9(13)6-14-11/h5,7H,6,12-13H2,1-4H3/b8-5-. The Morgan fingerprint density at radius 3 is 2.57 bits per heavy atom. The third kappa shape index (κ3) is 1.52. The molecule has 1 heterocycles. The number of hydrogen-bond donors (Lipinski definition) is 2. The van der Waals surface area contributed by atoms with E-state index in [0.717, 1.165) is 16.8 Å². The summed E-state index contributed by atoms with van der Waals surface area (Å²) < 4.78 is 5.75. The van der Waals surface area contributed by atoms with Crippen LogP contribution in [0.5, 0.6) is 0 Å². The summed E-state index contributed by atoms with van der Waals surface area (Å²) in [5.41, 5.74) is 14.0. The highest BCUT2D eigenvalue weighted by Gasteiger charge is 2.40. The minimum absolute atomic E-state index is 0.288. The molecular weight excluding hydrogens is 176 g/mol. The van der Waals surface area contributed by atoms with Crippen molar-refractivity contribution >= 4 is 0 Å². The number of nitrogens with two attached hydrogens (primary N) is 2. The number of hydrogen-bond acceptors (Lipinski definition) is 3. The fourth-order valence-corrected chi connectivity index (χ4v) is 1.87. The van der Waals surface area contributed by atoms with Crippen LogP contribution in [0.4, 0.5) is 0 Å². The van der Waals surface area contributed by atoms with Gasteiger partial charge in [-0.3, -0.25) is 0 Å². The van der Waals surface area contributed by atoms with Crippen molar-refractivity contribution in [3.05, 3.63) is 23.0 Å². The molecule has 3 nitrogen and oxygen atoms in total. The van der Waals surface area contributed by atoms with Crippen LogP contribution in [0.25, 0.3) is 0 Å². The van der Waals surface area contributed by atoms with Gasteiger partial charge in [0.05, 0.1) is 12.2 Å². The maximum absolute atomic E-state index is 5.93. The molecule has 0 amide bonds. The van der Waals surface area contributed by atoms with Gasteiger partial charge in [-0.25, -0.2) is 0 Å². The second-order valence-electron chi connectivity index (χ2n) is 4.30. The van der Waals surface area contributed by atoms with Gasteiger partial charge in [0.15, 0.2) is 0 Å². The van der Waals surface area contributed by atoms with Gasteiger partial charge in [-0.1, -0.05) is 13.8 Å². The lowest BCUT2D eigenvalue weighted by Crippen LogP contribution is -2.34. The Labute approximate surface area is 85.8 Å². The van der Waals surface area contributed by atoms with Crippen molar-refractivity contribution in [1.82, 2.24) is 0 Å². The lowest BCUT2D eigenvalue weighted by atomic mass is 9.82. The molecule has 0 aromatic rings. The van der Waals surface area contributed by atoms with Gasteiger partial charge in [0.1, 0.15) is 0 Å². The lowest BCUT2D eigenvalue weighted by Gasteiger charge is -2.31. The van der Waals surface area contributed by atoms with E-state index in [1.54, 1.807) is 6.20 Å². The molecule has 0 fully saturated rings. The zero-order valence-electron chi connectivity index (χ0n) is 9.42. The summed E-state index contributed by atoms with van der Waals surface area (Å²) in [4.78, 5) is 0. The molecule has 3 heteroatoms. The molecule has 0 bridgehead atoms. The molecular formula is C11H20N2O. The Kier molecular flexibility index (Phi) is 2.90. The summed E-state index contributed by atoms with van der Waals surface area (Å²) in [6, 6.07) is 0. The minimum Gasteiger partial charge on any atom is -0.404 e. The van der Waals surface area contributed by atoms with Crippen molar-refractivity contribution in [2.75, 3.05) is 6.61 Å². The Morgan fingerprint density at radius 2 is 2.14 bits per heavy atom. The van der Waals surface area contributed by atoms with E-state index in [4.69, 9.17) is 16.2 Å². The molecule has 1 aliphatic heterocycles. The summed E-state index contributed by atoms with van der Waals surface area (Å²) in [6.45, 7) is 8.80. The summed E-state index contributed by atoms with van der Waals surface area (Å²) in [6.07, 6.45) is 1.59. The first kappa shape index (κ1) is 11.1. The van der Waals surface area contributed by atoms with E-state index in [1.807, 2.05) is 6.92 Å². The highest BCUT2D eigenvalue weighted by atomic mass is 16.5. The zero-order valence-corrected chi connectivity index (χ0v) is 9.42. The summed E-state index contributed by atoms with van der Waals surface area (Å²) in [5, 5.41) is 0. The van der Waals surface area contributed by atoms with E-state index >= 15 is 0 Å². The fraction of sp³-hybridized carbons (Fsp3) is 0.636. The molecule has 0 aliphatic carbocycles. The number of ether oxygens (including phenoxy) is 1. The molecule has 1 aliphatic rings. The molecule has 0 aromatic heterocycles. The Hall–Kier alpha value is -0.960. The first-order valence-corrected chi connectivity index (χ1v) is 4.95. The van der Waals surface area contributed by atoms with E-state index in [1.165, 1.54) is 0 Å². The maximum Gasteiger partial charge on any atom is 0.0951 e. The first-order chi connectivity index (χ1) is 6.43. The quantitative estimate of drug-likeness (QED) is 0.703. The van der Waals surface area contributed by atoms with Crippen molar-refractivity contribution in [1.29, 1.82) is 0 Å². The van der Waals surface area contributed by atoms with E-state index in [-0.39, 0.29) is 5.60 Å². The van der Waals surface area contributed by atoms with Crippen molar-refractivity contribution in [3.8, 4) is 0 Å². The largest absolute Gasteiger partial charge is 0.404 e. The van der Waals surface area contributed by atoms with Crippen molar-refractivity contribution in [2.45, 2.75) is 33.3 Å². The summed E-state index contributed by atoms with van der Waals surface area (Å²) >= 11 is 0. The van der Waals surface area contributed by atoms with Crippen LogP contribution in [0.15, 0.2) is 23.0 Å². The van der Waals surface area contributed by atoms with E-state index in [2.05, 4.69) is 20.8 Å². The molecule has 0 aromatic carbocycles. The average molecular weight is 196 g/mol. The van der Waals surface area contributed by atoms with Crippen molar-refractivity contribution in [3.63, 3.8) is 0 Å². The Bertz CT molecular complexity index is 292. The Morgan fingerprint density at radius 1 is 1.57 bits per heavy atom. The van der Waals surface area contributed by atoms with Crippen LogP contribution in [0, 0.1) is 5.92 Å². The molecule has 80 valence electrons. The zero-order chi connectivity index (χ0) is 10.9. The SMILES string of the molecule is C/C(=C/N)C1=C(N)COC1(C)C(C)C. The van der Waals surface area contributed by atoms with Gasteiger partial charge in [0.2, 0.25) is 0 Å². The highest BCUT2D eigenvalue weighted by Crippen LogP contribution is 2.39. The predicted octanol–water partition coefficient (Wildman–Crippen LogP) is 1.51. The van der Waals surface area contributed by atoms with Gasteiger partial charge in [0.25, 0.3) is 0 Å². The van der Waals surface area contributed by atoms with E-state index < -0.39 is 0 Å². The second-order valence-corrected chi connectivity index (χ2v) is 4.30. The van der Waals surface area contributed by atoms with Crippen LogP contribution < -0.4 is 11.5 Å². The van der Waals surface area contributed by atoms with Gasteiger partial charge >= 0.3 is 0 Å². The highest BCUT2D eigenvalue weighted by molar-refractivity contribution is 5.42. The van der Waals surface area contributed by atoms with E-state index in [0.29, 0.717) is 12.5 Å². The smallest absolute Gasteiger partial charge is 0.0951 e. The van der Waals surface area contributed by atoms with Gasteiger partial charge in [-0.2, -0.15) is 0 Å². The molecule has 1 rings (SSSR count). The topological polar surface area (TPSA) is 61.3 Å². The Balaban J connectivity index is 3.15. The van der Waals surface area contributed by atoms with Crippen LogP contribution in [0.3, 0.4) is 0 Å². The van der Waals surface area contributed by atoms with Gasteiger partial charge in [-0.05, 0) is 31.5 Å². The summed E-state index contributed by atoms with van der Waals surface area (Å²) in [7, 11) is 0. The van der Waals surface area contributed by atoms with Crippen LogP contribution in [-0.2, 0) is 4.74 Å². The van der Waals surface area contributed by atoms with Crippen LogP contribution in [-0.4, -0.2) is 12.2 Å². The monoisotopic (exact) mass is 196 g/mol. The molecule has 14 heavy (non-hydrogen) atoms. The third-order valence-electron chi connectivity index (χ3n) is 3.09. The normalized spacial score (nSPS) is 29.1.